The summed E-state index contributed by atoms with van der Waals surface area (Å²) in [5, 5.41) is 3.99. The molecule has 0 unspecified atom stereocenters. The summed E-state index contributed by atoms with van der Waals surface area (Å²) in [6.07, 6.45) is 3.92. The molecule has 4 heteroatoms. The molecule has 0 heterocycles. The van der Waals surface area contributed by atoms with Crippen LogP contribution in [0.4, 0.5) is 0 Å². The SMILES string of the molecule is COCCNCc1ccc(OCC2CCC2)c(Cl)c1. The van der Waals surface area contributed by atoms with Crippen molar-refractivity contribution in [2.24, 2.45) is 5.92 Å². The van der Waals surface area contributed by atoms with Crippen LogP contribution < -0.4 is 10.1 Å². The Bertz CT molecular complexity index is 394. The number of hydrogen-bond donors (Lipinski definition) is 1. The van der Waals surface area contributed by atoms with Gasteiger partial charge in [-0.3, -0.25) is 0 Å². The number of nitrogens with one attached hydrogen (secondary N) is 1. The zero-order chi connectivity index (χ0) is 13.5. The van der Waals surface area contributed by atoms with Crippen LogP contribution in [0.2, 0.25) is 5.02 Å². The van der Waals surface area contributed by atoms with Gasteiger partial charge in [-0.05, 0) is 36.5 Å². The van der Waals surface area contributed by atoms with Crippen LogP contribution in [0.1, 0.15) is 24.8 Å². The second kappa shape index (κ2) is 7.73. The van der Waals surface area contributed by atoms with E-state index < -0.39 is 0 Å². The Morgan fingerprint density at radius 2 is 2.21 bits per heavy atom. The lowest BCUT2D eigenvalue weighted by molar-refractivity contribution is 0.180. The summed E-state index contributed by atoms with van der Waals surface area (Å²) < 4.78 is 10.8. The van der Waals surface area contributed by atoms with E-state index in [-0.39, 0.29) is 0 Å². The van der Waals surface area contributed by atoms with Gasteiger partial charge in [0.25, 0.3) is 0 Å². The van der Waals surface area contributed by atoms with E-state index in [9.17, 15) is 0 Å². The molecule has 0 spiro atoms. The third-order valence-corrected chi connectivity index (χ3v) is 3.80. The number of rotatable bonds is 8. The summed E-state index contributed by atoms with van der Waals surface area (Å²) in [5.74, 6) is 1.53. The van der Waals surface area contributed by atoms with Gasteiger partial charge in [-0.2, -0.15) is 0 Å². The predicted molar refractivity (Wildman–Crippen MR) is 77.9 cm³/mol. The third-order valence-electron chi connectivity index (χ3n) is 3.51. The van der Waals surface area contributed by atoms with E-state index in [1.165, 1.54) is 19.3 Å². The number of benzene rings is 1. The van der Waals surface area contributed by atoms with Crippen LogP contribution >= 0.6 is 11.6 Å². The second-order valence-electron chi connectivity index (χ2n) is 5.04. The van der Waals surface area contributed by atoms with Crippen molar-refractivity contribution in [3.05, 3.63) is 28.8 Å². The van der Waals surface area contributed by atoms with Crippen molar-refractivity contribution < 1.29 is 9.47 Å². The number of ether oxygens (including phenoxy) is 2. The Morgan fingerprint density at radius 3 is 2.84 bits per heavy atom. The maximum Gasteiger partial charge on any atom is 0.137 e. The fourth-order valence-electron chi connectivity index (χ4n) is 2.05. The monoisotopic (exact) mass is 283 g/mol. The molecule has 2 rings (SSSR count). The minimum Gasteiger partial charge on any atom is -0.492 e. The summed E-state index contributed by atoms with van der Waals surface area (Å²) >= 11 is 6.24. The topological polar surface area (TPSA) is 30.5 Å². The molecule has 0 atom stereocenters. The van der Waals surface area contributed by atoms with Gasteiger partial charge < -0.3 is 14.8 Å². The lowest BCUT2D eigenvalue weighted by atomic mass is 9.86. The molecule has 1 saturated carbocycles. The van der Waals surface area contributed by atoms with Crippen LogP contribution in [0.3, 0.4) is 0 Å². The first kappa shape index (κ1) is 14.6. The molecule has 1 aliphatic rings. The standard InChI is InChI=1S/C15H22ClNO2/c1-18-8-7-17-10-13-5-6-15(14(16)9-13)19-11-12-3-2-4-12/h5-6,9,12,17H,2-4,7-8,10-11H2,1H3. The lowest BCUT2D eigenvalue weighted by Crippen LogP contribution is -2.19. The second-order valence-corrected chi connectivity index (χ2v) is 5.45. The smallest absolute Gasteiger partial charge is 0.137 e. The van der Waals surface area contributed by atoms with Crippen LogP contribution in [-0.2, 0) is 11.3 Å². The summed E-state index contributed by atoms with van der Waals surface area (Å²) in [4.78, 5) is 0. The number of hydrogen-bond acceptors (Lipinski definition) is 3. The van der Waals surface area contributed by atoms with Gasteiger partial charge in [0, 0.05) is 20.2 Å². The zero-order valence-corrected chi connectivity index (χ0v) is 12.2. The lowest BCUT2D eigenvalue weighted by Gasteiger charge is -2.25. The Hall–Kier alpha value is -0.770. The van der Waals surface area contributed by atoms with Gasteiger partial charge in [-0.15, -0.1) is 0 Å². The van der Waals surface area contributed by atoms with Crippen molar-refractivity contribution in [3.8, 4) is 5.75 Å². The van der Waals surface area contributed by atoms with Crippen molar-refractivity contribution in [3.63, 3.8) is 0 Å². The molecule has 1 aromatic carbocycles. The highest BCUT2D eigenvalue weighted by molar-refractivity contribution is 6.32. The molecule has 1 N–H and O–H groups in total. The number of halogens is 1. The molecule has 0 bridgehead atoms. The van der Waals surface area contributed by atoms with E-state index in [4.69, 9.17) is 21.1 Å². The van der Waals surface area contributed by atoms with Crippen molar-refractivity contribution in [2.75, 3.05) is 26.9 Å². The van der Waals surface area contributed by atoms with Crippen molar-refractivity contribution in [1.29, 1.82) is 0 Å². The van der Waals surface area contributed by atoms with Crippen LogP contribution in [0.25, 0.3) is 0 Å². The maximum atomic E-state index is 6.24. The highest BCUT2D eigenvalue weighted by atomic mass is 35.5. The van der Waals surface area contributed by atoms with E-state index >= 15 is 0 Å². The molecule has 0 amide bonds. The molecule has 0 saturated heterocycles. The summed E-state index contributed by atoms with van der Waals surface area (Å²) in [6.45, 7) is 3.15. The summed E-state index contributed by atoms with van der Waals surface area (Å²) in [5.41, 5.74) is 1.16. The van der Waals surface area contributed by atoms with Gasteiger partial charge >= 0.3 is 0 Å². The van der Waals surface area contributed by atoms with Crippen LogP contribution in [0, 0.1) is 5.92 Å². The third kappa shape index (κ3) is 4.68. The fourth-order valence-corrected chi connectivity index (χ4v) is 2.30. The van der Waals surface area contributed by atoms with Crippen LogP contribution in [0.15, 0.2) is 18.2 Å². The van der Waals surface area contributed by atoms with E-state index in [0.29, 0.717) is 5.02 Å². The van der Waals surface area contributed by atoms with E-state index in [2.05, 4.69) is 11.4 Å². The molecule has 3 nitrogen and oxygen atoms in total. The summed E-state index contributed by atoms with van der Waals surface area (Å²) in [6, 6.07) is 5.99. The largest absolute Gasteiger partial charge is 0.492 e. The Morgan fingerprint density at radius 1 is 1.37 bits per heavy atom. The fraction of sp³-hybridized carbons (Fsp3) is 0.600. The molecular weight excluding hydrogens is 262 g/mol. The first-order valence-corrected chi connectivity index (χ1v) is 7.28. The normalized spacial score (nSPS) is 15.3. The van der Waals surface area contributed by atoms with E-state index in [0.717, 1.165) is 43.5 Å². The van der Waals surface area contributed by atoms with Gasteiger partial charge in [-0.1, -0.05) is 24.1 Å². The molecule has 0 radical (unpaired) electrons. The average Bonchev–Trinajstić information content (AvgIpc) is 2.35. The predicted octanol–water partition coefficient (Wildman–Crippen LogP) is 3.25. The van der Waals surface area contributed by atoms with Gasteiger partial charge in [0.05, 0.1) is 18.2 Å². The Labute approximate surface area is 120 Å². The highest BCUT2D eigenvalue weighted by Gasteiger charge is 2.18. The van der Waals surface area contributed by atoms with Crippen molar-refractivity contribution in [1.82, 2.24) is 5.32 Å². The molecule has 1 fully saturated rings. The Kier molecular flexibility index (Phi) is 5.95. The average molecular weight is 284 g/mol. The van der Waals surface area contributed by atoms with Crippen molar-refractivity contribution >= 4 is 11.6 Å². The van der Waals surface area contributed by atoms with Gasteiger partial charge in [0.15, 0.2) is 0 Å². The minimum absolute atomic E-state index is 0.699. The summed E-state index contributed by atoms with van der Waals surface area (Å²) in [7, 11) is 1.70. The molecular formula is C15H22ClNO2. The molecule has 1 aromatic rings. The molecule has 19 heavy (non-hydrogen) atoms. The maximum absolute atomic E-state index is 6.24. The van der Waals surface area contributed by atoms with Crippen LogP contribution in [0.5, 0.6) is 5.75 Å². The molecule has 1 aliphatic carbocycles. The van der Waals surface area contributed by atoms with Gasteiger partial charge in [0.1, 0.15) is 5.75 Å². The quantitative estimate of drug-likeness (QED) is 0.743. The van der Waals surface area contributed by atoms with Gasteiger partial charge in [0.2, 0.25) is 0 Å². The van der Waals surface area contributed by atoms with E-state index in [1.807, 2.05) is 12.1 Å². The van der Waals surface area contributed by atoms with Crippen molar-refractivity contribution in [2.45, 2.75) is 25.8 Å². The zero-order valence-electron chi connectivity index (χ0n) is 11.5. The Balaban J connectivity index is 1.78. The molecule has 0 aliphatic heterocycles. The van der Waals surface area contributed by atoms with E-state index in [1.54, 1.807) is 7.11 Å². The van der Waals surface area contributed by atoms with Crippen LogP contribution in [-0.4, -0.2) is 26.9 Å². The highest BCUT2D eigenvalue weighted by Crippen LogP contribution is 2.30. The molecule has 106 valence electrons. The first-order valence-electron chi connectivity index (χ1n) is 6.90. The molecule has 0 aromatic heterocycles. The number of methoxy groups -OCH3 is 1. The van der Waals surface area contributed by atoms with Gasteiger partial charge in [-0.25, -0.2) is 0 Å². The minimum atomic E-state index is 0.699. The first-order chi connectivity index (χ1) is 9.29.